The molecule has 0 bridgehead atoms. The zero-order valence-corrected chi connectivity index (χ0v) is 9.76. The van der Waals surface area contributed by atoms with Gasteiger partial charge >= 0.3 is 5.97 Å². The van der Waals surface area contributed by atoms with Crippen molar-refractivity contribution in [1.29, 1.82) is 0 Å². The topological polar surface area (TPSA) is 54.4 Å². The summed E-state index contributed by atoms with van der Waals surface area (Å²) in [4.78, 5) is 23.3. The lowest BCUT2D eigenvalue weighted by atomic mass is 9.67. The lowest BCUT2D eigenvalue weighted by molar-refractivity contribution is -0.120. The molecule has 0 aromatic carbocycles. The van der Waals surface area contributed by atoms with Crippen LogP contribution in [0.2, 0.25) is 0 Å². The third kappa shape index (κ3) is 1.69. The third-order valence-corrected chi connectivity index (χ3v) is 4.31. The smallest absolute Gasteiger partial charge is 0.336 e. The van der Waals surface area contributed by atoms with E-state index in [9.17, 15) is 9.59 Å². The van der Waals surface area contributed by atoms with Crippen LogP contribution in [0, 0.1) is 5.41 Å². The van der Waals surface area contributed by atoms with E-state index in [1.165, 1.54) is 11.3 Å². The van der Waals surface area contributed by atoms with Crippen molar-refractivity contribution in [3.63, 3.8) is 0 Å². The predicted octanol–water partition coefficient (Wildman–Crippen LogP) is 1.64. The van der Waals surface area contributed by atoms with Crippen LogP contribution in [-0.2, 0) is 17.6 Å². The van der Waals surface area contributed by atoms with Crippen LogP contribution in [0.15, 0.2) is 5.38 Å². The second kappa shape index (κ2) is 3.73. The molecule has 0 aliphatic heterocycles. The van der Waals surface area contributed by atoms with Gasteiger partial charge in [0.05, 0.1) is 11.2 Å². The molecule has 1 atom stereocenters. The summed E-state index contributed by atoms with van der Waals surface area (Å²) >= 11 is 1.41. The van der Waals surface area contributed by atoms with Crippen LogP contribution in [0.3, 0.4) is 0 Å². The van der Waals surface area contributed by atoms with Gasteiger partial charge in [0.2, 0.25) is 0 Å². The molecule has 1 aliphatic rings. The van der Waals surface area contributed by atoms with Gasteiger partial charge in [0, 0.05) is 15.7 Å². The van der Waals surface area contributed by atoms with Crippen LogP contribution in [0.4, 0.5) is 0 Å². The van der Waals surface area contributed by atoms with E-state index in [2.05, 4.69) is 0 Å². The van der Waals surface area contributed by atoms with Crippen molar-refractivity contribution in [1.82, 2.24) is 0 Å². The number of carboxylic acids is 1. The Morgan fingerprint density at radius 3 is 2.81 bits per heavy atom. The molecule has 0 saturated heterocycles. The van der Waals surface area contributed by atoms with Crippen LogP contribution in [0.5, 0.6) is 0 Å². The molecule has 2 radical (unpaired) electrons. The zero-order chi connectivity index (χ0) is 11.9. The second-order valence-corrected chi connectivity index (χ2v) is 5.42. The van der Waals surface area contributed by atoms with Gasteiger partial charge in [0.25, 0.3) is 0 Å². The largest absolute Gasteiger partial charge is 0.478 e. The van der Waals surface area contributed by atoms with Crippen molar-refractivity contribution in [2.45, 2.75) is 26.2 Å². The number of rotatable bonds is 2. The van der Waals surface area contributed by atoms with Crippen LogP contribution in [-0.4, -0.2) is 24.6 Å². The van der Waals surface area contributed by atoms with Gasteiger partial charge in [-0.2, -0.15) is 0 Å². The number of aromatic carboxylic acids is 1. The first-order valence-corrected chi connectivity index (χ1v) is 5.94. The van der Waals surface area contributed by atoms with Gasteiger partial charge < -0.3 is 9.90 Å². The molecule has 0 fully saturated rings. The van der Waals surface area contributed by atoms with Gasteiger partial charge in [-0.3, -0.25) is 0 Å². The summed E-state index contributed by atoms with van der Waals surface area (Å²) < 4.78 is 0. The van der Waals surface area contributed by atoms with Crippen LogP contribution in [0.1, 0.15) is 34.1 Å². The number of hydrogen-bond acceptors (Lipinski definition) is 3. The Hall–Kier alpha value is -1.10. The maximum Gasteiger partial charge on any atom is 0.336 e. The zero-order valence-electron chi connectivity index (χ0n) is 8.95. The fourth-order valence-corrected chi connectivity index (χ4v) is 3.34. The van der Waals surface area contributed by atoms with Crippen molar-refractivity contribution < 1.29 is 14.7 Å². The van der Waals surface area contributed by atoms with Gasteiger partial charge in [0.1, 0.15) is 0 Å². The van der Waals surface area contributed by atoms with Crippen LogP contribution >= 0.6 is 11.3 Å². The van der Waals surface area contributed by atoms with Crippen LogP contribution < -0.4 is 0 Å². The number of carbonyl (C=O) groups excluding carboxylic acids is 1. The summed E-state index contributed by atoms with van der Waals surface area (Å²) in [6.07, 6.45) is 1.82. The summed E-state index contributed by atoms with van der Waals surface area (Å²) in [5, 5.41) is 10.6. The Morgan fingerprint density at radius 1 is 1.56 bits per heavy atom. The minimum Gasteiger partial charge on any atom is -0.478 e. The van der Waals surface area contributed by atoms with Crippen molar-refractivity contribution in [2.75, 3.05) is 0 Å². The van der Waals surface area contributed by atoms with E-state index in [1.807, 2.05) is 6.92 Å². The molecule has 0 amide bonds. The van der Waals surface area contributed by atoms with Gasteiger partial charge in [-0.25, -0.2) is 4.79 Å². The normalized spacial score (nSPS) is 23.8. The molecular weight excluding hydrogens is 223 g/mol. The molecule has 16 heavy (non-hydrogen) atoms. The molecule has 1 aromatic heterocycles. The van der Waals surface area contributed by atoms with E-state index in [4.69, 9.17) is 13.0 Å². The van der Waals surface area contributed by atoms with E-state index >= 15 is 0 Å². The molecule has 1 N–H and O–H groups in total. The molecule has 1 heterocycles. The van der Waals surface area contributed by atoms with Crippen molar-refractivity contribution in [2.24, 2.45) is 5.41 Å². The Morgan fingerprint density at radius 2 is 2.25 bits per heavy atom. The number of fused-ring (bicyclic) bond motifs is 1. The highest BCUT2D eigenvalue weighted by molar-refractivity contribution is 7.10. The summed E-state index contributed by atoms with van der Waals surface area (Å²) in [5.74, 6) is -0.889. The molecule has 5 heteroatoms. The Labute approximate surface area is 98.9 Å². The van der Waals surface area contributed by atoms with E-state index in [-0.39, 0.29) is 5.68 Å². The highest BCUT2D eigenvalue weighted by Crippen LogP contribution is 2.39. The molecule has 1 aliphatic carbocycles. The van der Waals surface area contributed by atoms with Crippen molar-refractivity contribution in [3.8, 4) is 0 Å². The lowest BCUT2D eigenvalue weighted by Crippen LogP contribution is -2.34. The fraction of sp³-hybridized carbons (Fsp3) is 0.455. The molecule has 0 saturated carbocycles. The van der Waals surface area contributed by atoms with E-state index in [1.54, 1.807) is 5.38 Å². The average Bonchev–Trinajstić information content (AvgIpc) is 2.59. The number of thiophene rings is 1. The Kier molecular flexibility index (Phi) is 2.66. The second-order valence-electron chi connectivity index (χ2n) is 4.46. The molecule has 2 rings (SSSR count). The first-order chi connectivity index (χ1) is 7.44. The predicted molar refractivity (Wildman–Crippen MR) is 62.2 cm³/mol. The van der Waals surface area contributed by atoms with Gasteiger partial charge in [-0.1, -0.05) is 6.92 Å². The van der Waals surface area contributed by atoms with E-state index in [0.29, 0.717) is 24.8 Å². The SMILES string of the molecule is [B]C(=O)C1(C)CCc2c(C(=O)O)csc2C1. The quantitative estimate of drug-likeness (QED) is 0.791. The summed E-state index contributed by atoms with van der Waals surface area (Å²) in [5.41, 5.74) is 0.444. The summed E-state index contributed by atoms with van der Waals surface area (Å²) in [7, 11) is 5.37. The van der Waals surface area contributed by atoms with Gasteiger partial charge in [-0.05, 0) is 24.8 Å². The minimum absolute atomic E-state index is 0.302. The molecule has 3 nitrogen and oxygen atoms in total. The minimum atomic E-state index is -0.889. The molecule has 0 spiro atoms. The number of carboxylic acid groups (broad SMARTS) is 1. The number of hydrogen-bond donors (Lipinski definition) is 1. The van der Waals surface area contributed by atoms with Crippen molar-refractivity contribution >= 4 is 30.8 Å². The molecule has 1 unspecified atom stereocenters. The average molecular weight is 234 g/mol. The van der Waals surface area contributed by atoms with Crippen LogP contribution in [0.25, 0.3) is 0 Å². The van der Waals surface area contributed by atoms with E-state index < -0.39 is 11.4 Å². The summed E-state index contributed by atoms with van der Waals surface area (Å²) in [6, 6.07) is 0. The highest BCUT2D eigenvalue weighted by atomic mass is 32.1. The first-order valence-electron chi connectivity index (χ1n) is 5.06. The Balaban J connectivity index is 2.37. The van der Waals surface area contributed by atoms with E-state index in [0.717, 1.165) is 10.4 Å². The molecule has 82 valence electrons. The third-order valence-electron chi connectivity index (χ3n) is 3.28. The first kappa shape index (κ1) is 11.4. The maximum absolute atomic E-state index is 11.3. The Bertz CT molecular complexity index is 466. The standard InChI is InChI=1S/C11H11BO3S/c1-11(10(12)15)3-2-6-7(9(13)14)5-16-8(6)4-11/h5H,2-4H2,1H3,(H,13,14). The monoisotopic (exact) mass is 234 g/mol. The number of carbonyl (C=O) groups is 2. The van der Waals surface area contributed by atoms with Gasteiger partial charge in [0.15, 0.2) is 7.85 Å². The molecule has 1 aromatic rings. The lowest BCUT2D eigenvalue weighted by Gasteiger charge is -2.31. The highest BCUT2D eigenvalue weighted by Gasteiger charge is 2.35. The molecular formula is C11H11BO3S. The fourth-order valence-electron chi connectivity index (χ4n) is 2.08. The van der Waals surface area contributed by atoms with Gasteiger partial charge in [-0.15, -0.1) is 11.3 Å². The maximum atomic E-state index is 11.3. The summed E-state index contributed by atoms with van der Waals surface area (Å²) in [6.45, 7) is 1.85. The van der Waals surface area contributed by atoms with Crippen molar-refractivity contribution in [3.05, 3.63) is 21.4 Å².